The molecule has 0 atom stereocenters. The van der Waals surface area contributed by atoms with Gasteiger partial charge in [-0.05, 0) is 41.8 Å². The molecule has 0 radical (unpaired) electrons. The van der Waals surface area contributed by atoms with Gasteiger partial charge in [0.25, 0.3) is 5.91 Å². The molecule has 0 N–H and O–H groups in total. The molecule has 5 rings (SSSR count). The molecule has 1 aliphatic heterocycles. The smallest absolute Gasteiger partial charge is 0.333 e. The molecule has 4 aromatic rings. The molecule has 1 aliphatic rings. The topological polar surface area (TPSA) is 63.2 Å². The van der Waals surface area contributed by atoms with Gasteiger partial charge < -0.3 is 4.90 Å². The molecule has 0 unspecified atom stereocenters. The van der Waals surface area contributed by atoms with Gasteiger partial charge in [0.2, 0.25) is 0 Å². The number of benzene rings is 2. The van der Waals surface area contributed by atoms with E-state index < -0.39 is 11.7 Å². The molecule has 5 nitrogen and oxygen atoms in total. The molecular weight excluding hydrogens is 475 g/mol. The van der Waals surface area contributed by atoms with Crippen LogP contribution in [0.4, 0.5) is 13.2 Å². The summed E-state index contributed by atoms with van der Waals surface area (Å²) in [6, 6.07) is 13.2. The van der Waals surface area contributed by atoms with Crippen LogP contribution in [0.1, 0.15) is 43.1 Å². The lowest BCUT2D eigenvalue weighted by Gasteiger charge is -2.29. The summed E-state index contributed by atoms with van der Waals surface area (Å²) in [5, 5.41) is 2.44. The van der Waals surface area contributed by atoms with Crippen LogP contribution < -0.4 is 0 Å². The summed E-state index contributed by atoms with van der Waals surface area (Å²) in [4.78, 5) is 36.4. The predicted octanol–water partition coefficient (Wildman–Crippen LogP) is 5.65. The van der Waals surface area contributed by atoms with E-state index in [4.69, 9.17) is 0 Å². The van der Waals surface area contributed by atoms with Crippen molar-refractivity contribution in [2.45, 2.75) is 19.1 Å². The highest BCUT2D eigenvalue weighted by Crippen LogP contribution is 2.31. The molecular formula is C26H18F3N3O2S. The maximum atomic E-state index is 13.1. The van der Waals surface area contributed by atoms with Crippen molar-refractivity contribution in [3.63, 3.8) is 0 Å². The molecule has 35 heavy (non-hydrogen) atoms. The number of carbonyl (C=O) groups is 2. The lowest BCUT2D eigenvalue weighted by molar-refractivity contribution is -0.137. The van der Waals surface area contributed by atoms with E-state index in [1.807, 2.05) is 18.2 Å². The first-order valence-corrected chi connectivity index (χ1v) is 11.7. The van der Waals surface area contributed by atoms with Gasteiger partial charge in [-0.15, -0.1) is 11.3 Å². The van der Waals surface area contributed by atoms with E-state index in [2.05, 4.69) is 9.97 Å². The quantitative estimate of drug-likeness (QED) is 0.345. The van der Waals surface area contributed by atoms with E-state index in [0.717, 1.165) is 28.8 Å². The van der Waals surface area contributed by atoms with Crippen LogP contribution in [0.15, 0.2) is 72.4 Å². The van der Waals surface area contributed by atoms with Crippen LogP contribution in [-0.2, 0) is 19.1 Å². The molecule has 0 bridgehead atoms. The number of rotatable bonds is 4. The van der Waals surface area contributed by atoms with E-state index in [9.17, 15) is 22.8 Å². The van der Waals surface area contributed by atoms with Gasteiger partial charge in [0.1, 0.15) is 10.7 Å². The van der Waals surface area contributed by atoms with E-state index in [1.165, 1.54) is 23.5 Å². The summed E-state index contributed by atoms with van der Waals surface area (Å²) in [7, 11) is 0. The Labute approximate surface area is 202 Å². The number of amides is 1. The standard InChI is InChI=1S/C26H18F3N3O2S/c27-26(28,29)19-8-6-16(7-9-19)23(33)21-5-1-3-18-14-32(12-10-20(18)21)25(34)22-15-35-24(31-22)17-4-2-11-30-13-17/h1-9,11,13,15H,10,12,14H2. The summed E-state index contributed by atoms with van der Waals surface area (Å²) in [6.07, 6.45) is -0.632. The van der Waals surface area contributed by atoms with Crippen LogP contribution >= 0.6 is 11.3 Å². The Hall–Kier alpha value is -3.85. The van der Waals surface area contributed by atoms with Gasteiger partial charge in [-0.1, -0.05) is 30.3 Å². The lowest BCUT2D eigenvalue weighted by Crippen LogP contribution is -2.36. The molecule has 0 spiro atoms. The summed E-state index contributed by atoms with van der Waals surface area (Å²) >= 11 is 1.37. The summed E-state index contributed by atoms with van der Waals surface area (Å²) in [6.45, 7) is 0.727. The molecule has 0 fully saturated rings. The molecule has 0 saturated heterocycles. The van der Waals surface area contributed by atoms with Crippen LogP contribution in [0.3, 0.4) is 0 Å². The largest absolute Gasteiger partial charge is 0.416 e. The average Bonchev–Trinajstić information content (AvgIpc) is 3.38. The minimum Gasteiger partial charge on any atom is -0.333 e. The van der Waals surface area contributed by atoms with Crippen molar-refractivity contribution in [3.05, 3.63) is 106 Å². The molecule has 1 amide bonds. The number of hydrogen-bond acceptors (Lipinski definition) is 5. The lowest BCUT2D eigenvalue weighted by atomic mass is 9.90. The Morgan fingerprint density at radius 3 is 2.51 bits per heavy atom. The van der Waals surface area contributed by atoms with Crippen LogP contribution in [0, 0.1) is 0 Å². The van der Waals surface area contributed by atoms with Gasteiger partial charge in [-0.3, -0.25) is 14.6 Å². The fourth-order valence-corrected chi connectivity index (χ4v) is 4.90. The monoisotopic (exact) mass is 493 g/mol. The summed E-state index contributed by atoms with van der Waals surface area (Å²) in [5.74, 6) is -0.530. The number of nitrogens with zero attached hydrogens (tertiary/aromatic N) is 3. The first-order valence-electron chi connectivity index (χ1n) is 10.8. The highest BCUT2D eigenvalue weighted by atomic mass is 32.1. The second-order valence-corrected chi connectivity index (χ2v) is 8.96. The Morgan fingerprint density at radius 2 is 1.80 bits per heavy atom. The SMILES string of the molecule is O=C(c1ccc(C(F)(F)F)cc1)c1cccc2c1CCN(C(=O)c1csc(-c3cccnc3)n1)C2. The number of pyridine rings is 1. The molecule has 2 aromatic carbocycles. The van der Waals surface area contributed by atoms with Crippen molar-refractivity contribution in [1.82, 2.24) is 14.9 Å². The third-order valence-corrected chi connectivity index (χ3v) is 6.80. The van der Waals surface area contributed by atoms with E-state index in [0.29, 0.717) is 35.8 Å². The Morgan fingerprint density at radius 1 is 1.00 bits per heavy atom. The molecule has 176 valence electrons. The first-order chi connectivity index (χ1) is 16.8. The van der Waals surface area contributed by atoms with Crippen molar-refractivity contribution in [2.75, 3.05) is 6.54 Å². The van der Waals surface area contributed by atoms with Crippen LogP contribution in [0.5, 0.6) is 0 Å². The molecule has 0 saturated carbocycles. The first kappa shape index (κ1) is 22.9. The minimum atomic E-state index is -4.46. The molecule has 2 aromatic heterocycles. The number of fused-ring (bicyclic) bond motifs is 1. The number of carbonyl (C=O) groups excluding carboxylic acids is 2. The van der Waals surface area contributed by atoms with Gasteiger partial charge in [-0.25, -0.2) is 4.98 Å². The van der Waals surface area contributed by atoms with Crippen molar-refractivity contribution >= 4 is 23.0 Å². The van der Waals surface area contributed by atoms with Gasteiger partial charge in [0, 0.05) is 47.6 Å². The van der Waals surface area contributed by atoms with Crippen LogP contribution in [0.2, 0.25) is 0 Å². The normalized spacial score (nSPS) is 13.4. The third-order valence-electron chi connectivity index (χ3n) is 5.90. The second-order valence-electron chi connectivity index (χ2n) is 8.10. The zero-order chi connectivity index (χ0) is 24.6. The maximum absolute atomic E-state index is 13.1. The van der Waals surface area contributed by atoms with Gasteiger partial charge >= 0.3 is 6.18 Å². The Kier molecular flexibility index (Phi) is 5.94. The van der Waals surface area contributed by atoms with E-state index in [1.54, 1.807) is 34.8 Å². The minimum absolute atomic E-state index is 0.190. The second kappa shape index (κ2) is 9.07. The van der Waals surface area contributed by atoms with Crippen molar-refractivity contribution in [1.29, 1.82) is 0 Å². The zero-order valence-electron chi connectivity index (χ0n) is 18.2. The number of ketones is 1. The van der Waals surface area contributed by atoms with Crippen LogP contribution in [0.25, 0.3) is 10.6 Å². The van der Waals surface area contributed by atoms with Crippen molar-refractivity contribution < 1.29 is 22.8 Å². The third kappa shape index (κ3) is 4.59. The number of thiazole rings is 1. The van der Waals surface area contributed by atoms with Crippen molar-refractivity contribution in [3.8, 4) is 10.6 Å². The Bertz CT molecular complexity index is 1400. The van der Waals surface area contributed by atoms with Crippen molar-refractivity contribution in [2.24, 2.45) is 0 Å². The highest BCUT2D eigenvalue weighted by Gasteiger charge is 2.31. The highest BCUT2D eigenvalue weighted by molar-refractivity contribution is 7.13. The zero-order valence-corrected chi connectivity index (χ0v) is 19.1. The number of aromatic nitrogens is 2. The average molecular weight is 494 g/mol. The Balaban J connectivity index is 1.35. The molecule has 3 heterocycles. The number of halogens is 3. The predicted molar refractivity (Wildman–Crippen MR) is 125 cm³/mol. The fraction of sp³-hybridized carbons (Fsp3) is 0.154. The van der Waals surface area contributed by atoms with E-state index in [-0.39, 0.29) is 17.3 Å². The number of hydrogen-bond donors (Lipinski definition) is 0. The summed E-state index contributed by atoms with van der Waals surface area (Å²) in [5.41, 5.74) is 2.69. The fourth-order valence-electron chi connectivity index (χ4n) is 4.12. The summed E-state index contributed by atoms with van der Waals surface area (Å²) < 4.78 is 38.6. The van der Waals surface area contributed by atoms with Gasteiger partial charge in [-0.2, -0.15) is 13.2 Å². The maximum Gasteiger partial charge on any atom is 0.416 e. The van der Waals surface area contributed by atoms with Crippen LogP contribution in [-0.4, -0.2) is 33.1 Å². The molecule has 9 heteroatoms. The van der Waals surface area contributed by atoms with Gasteiger partial charge in [0.15, 0.2) is 5.78 Å². The number of alkyl halides is 3. The van der Waals surface area contributed by atoms with E-state index >= 15 is 0 Å². The molecule has 0 aliphatic carbocycles. The van der Waals surface area contributed by atoms with Gasteiger partial charge in [0.05, 0.1) is 5.56 Å².